The van der Waals surface area contributed by atoms with Crippen LogP contribution in [0.3, 0.4) is 0 Å². The molecule has 0 radical (unpaired) electrons. The number of nitrogens with zero attached hydrogens (tertiary/aromatic N) is 1. The second-order valence-corrected chi connectivity index (χ2v) is 9.71. The Morgan fingerprint density at radius 2 is 1.64 bits per heavy atom. The average Bonchev–Trinajstić information content (AvgIpc) is 2.83. The van der Waals surface area contributed by atoms with Crippen LogP contribution in [0.4, 0.5) is 10.5 Å². The van der Waals surface area contributed by atoms with E-state index in [0.717, 1.165) is 24.1 Å². The minimum Gasteiger partial charge on any atom is -0.492 e. The quantitative estimate of drug-likeness (QED) is 0.306. The van der Waals surface area contributed by atoms with Crippen LogP contribution in [0.1, 0.15) is 64.5 Å². The molecular weight excluding hydrogens is 456 g/mol. The van der Waals surface area contributed by atoms with Crippen molar-refractivity contribution >= 4 is 17.7 Å². The maximum atomic E-state index is 13.0. The first-order valence-electron chi connectivity index (χ1n) is 12.9. The molecule has 0 heterocycles. The highest BCUT2D eigenvalue weighted by atomic mass is 16.5. The van der Waals surface area contributed by atoms with Crippen LogP contribution in [0.5, 0.6) is 5.75 Å². The molecule has 0 aliphatic heterocycles. The molecule has 2 aromatic rings. The molecule has 7 nitrogen and oxygen atoms in total. The molecule has 1 atom stereocenters. The number of anilines is 1. The molecule has 0 saturated carbocycles. The fraction of sp³-hybridized carbons (Fsp3) is 0.517. The molecule has 0 aliphatic carbocycles. The number of nitrogens with one attached hydrogen (secondary N) is 1. The lowest BCUT2D eigenvalue weighted by atomic mass is 10.0. The van der Waals surface area contributed by atoms with E-state index in [-0.39, 0.29) is 6.03 Å². The Labute approximate surface area is 215 Å². The minimum atomic E-state index is -0.969. The Morgan fingerprint density at radius 1 is 0.972 bits per heavy atom. The predicted octanol–water partition coefficient (Wildman–Crippen LogP) is 6.19. The van der Waals surface area contributed by atoms with Gasteiger partial charge in [0.15, 0.2) is 6.10 Å². The van der Waals surface area contributed by atoms with Crippen LogP contribution >= 0.6 is 0 Å². The smallest absolute Gasteiger partial charge is 0.333 e. The van der Waals surface area contributed by atoms with Crippen LogP contribution < -0.4 is 10.1 Å². The molecule has 0 spiro atoms. The molecule has 1 unspecified atom stereocenters. The Hall–Kier alpha value is -3.06. The molecule has 2 rings (SSSR count). The molecular formula is C29H42N2O5. The summed E-state index contributed by atoms with van der Waals surface area (Å²) in [4.78, 5) is 26.1. The number of carboxylic acid groups (broad SMARTS) is 1. The van der Waals surface area contributed by atoms with E-state index in [9.17, 15) is 14.7 Å². The van der Waals surface area contributed by atoms with Crippen LogP contribution in [-0.2, 0) is 16.0 Å². The van der Waals surface area contributed by atoms with Crippen molar-refractivity contribution in [1.82, 2.24) is 4.90 Å². The van der Waals surface area contributed by atoms with Gasteiger partial charge in [-0.2, -0.15) is 0 Å². The van der Waals surface area contributed by atoms with Gasteiger partial charge in [0.2, 0.25) is 0 Å². The fourth-order valence-electron chi connectivity index (χ4n) is 3.79. The average molecular weight is 499 g/mol. The van der Waals surface area contributed by atoms with Crippen molar-refractivity contribution < 1.29 is 24.2 Å². The Balaban J connectivity index is 1.93. The zero-order valence-corrected chi connectivity index (χ0v) is 22.3. The lowest BCUT2D eigenvalue weighted by Gasteiger charge is -2.24. The van der Waals surface area contributed by atoms with Gasteiger partial charge in [-0.1, -0.05) is 52.0 Å². The molecule has 0 bridgehead atoms. The van der Waals surface area contributed by atoms with E-state index in [1.807, 2.05) is 48.5 Å². The van der Waals surface area contributed by atoms with Crippen molar-refractivity contribution in [3.05, 3.63) is 59.7 Å². The third-order valence-corrected chi connectivity index (χ3v) is 5.94. The van der Waals surface area contributed by atoms with Crippen molar-refractivity contribution in [3.8, 4) is 5.75 Å². The summed E-state index contributed by atoms with van der Waals surface area (Å²) < 4.78 is 11.2. The van der Waals surface area contributed by atoms with E-state index in [2.05, 4.69) is 33.0 Å². The standard InChI is InChI=1S/C29H42N2O5/c1-6-35-27(28(32)33)20-23-9-15-26(16-10-23)36-19-18-31(17-7-8-21(2)3)29(34)30-25-13-11-24(12-14-25)22(4)5/h9-16,21-22,27H,6-8,17-20H2,1-5H3,(H,30,34)(H,32,33). The van der Waals surface area contributed by atoms with Gasteiger partial charge in [0.1, 0.15) is 12.4 Å². The van der Waals surface area contributed by atoms with Gasteiger partial charge in [0.25, 0.3) is 0 Å². The summed E-state index contributed by atoms with van der Waals surface area (Å²) in [6.45, 7) is 12.3. The van der Waals surface area contributed by atoms with Crippen molar-refractivity contribution in [2.24, 2.45) is 5.92 Å². The minimum absolute atomic E-state index is 0.134. The highest BCUT2D eigenvalue weighted by Gasteiger charge is 2.18. The van der Waals surface area contributed by atoms with Crippen molar-refractivity contribution in [1.29, 1.82) is 0 Å². The molecule has 2 N–H and O–H groups in total. The second kappa shape index (κ2) is 15.1. The van der Waals surface area contributed by atoms with Crippen LogP contribution in [0.2, 0.25) is 0 Å². The monoisotopic (exact) mass is 498 g/mol. The largest absolute Gasteiger partial charge is 0.492 e. The number of hydrogen-bond acceptors (Lipinski definition) is 4. The van der Waals surface area contributed by atoms with Gasteiger partial charge in [0.05, 0.1) is 6.54 Å². The van der Waals surface area contributed by atoms with Gasteiger partial charge in [-0.3, -0.25) is 0 Å². The summed E-state index contributed by atoms with van der Waals surface area (Å²) in [5, 5.41) is 12.3. The van der Waals surface area contributed by atoms with Crippen LogP contribution in [0.15, 0.2) is 48.5 Å². The summed E-state index contributed by atoms with van der Waals surface area (Å²) in [6, 6.07) is 15.2. The zero-order valence-electron chi connectivity index (χ0n) is 22.3. The Kier molecular flexibility index (Phi) is 12.3. The van der Waals surface area contributed by atoms with Crippen LogP contribution in [0.25, 0.3) is 0 Å². The number of aliphatic carboxylic acids is 1. The maximum absolute atomic E-state index is 13.0. The molecule has 36 heavy (non-hydrogen) atoms. The van der Waals surface area contributed by atoms with Crippen LogP contribution in [0, 0.1) is 5.92 Å². The van der Waals surface area contributed by atoms with E-state index in [1.54, 1.807) is 11.8 Å². The summed E-state index contributed by atoms with van der Waals surface area (Å²) in [7, 11) is 0. The highest BCUT2D eigenvalue weighted by molar-refractivity contribution is 5.89. The van der Waals surface area contributed by atoms with Crippen molar-refractivity contribution in [2.45, 2.75) is 65.9 Å². The van der Waals surface area contributed by atoms with E-state index in [4.69, 9.17) is 9.47 Å². The van der Waals surface area contributed by atoms with Gasteiger partial charge in [-0.15, -0.1) is 0 Å². The van der Waals surface area contributed by atoms with Gasteiger partial charge >= 0.3 is 12.0 Å². The Bertz CT molecular complexity index is 926. The summed E-state index contributed by atoms with van der Waals surface area (Å²) in [5.41, 5.74) is 2.88. The third-order valence-electron chi connectivity index (χ3n) is 5.94. The fourth-order valence-corrected chi connectivity index (χ4v) is 3.79. The van der Waals surface area contributed by atoms with Gasteiger partial charge in [0, 0.05) is 25.3 Å². The van der Waals surface area contributed by atoms with Gasteiger partial charge in [-0.05, 0) is 67.0 Å². The first-order valence-corrected chi connectivity index (χ1v) is 12.9. The van der Waals surface area contributed by atoms with E-state index in [0.29, 0.717) is 50.3 Å². The molecule has 198 valence electrons. The molecule has 2 aromatic carbocycles. The zero-order chi connectivity index (χ0) is 26.5. The Morgan fingerprint density at radius 3 is 2.19 bits per heavy atom. The van der Waals surface area contributed by atoms with E-state index in [1.165, 1.54) is 5.56 Å². The van der Waals surface area contributed by atoms with E-state index >= 15 is 0 Å². The topological polar surface area (TPSA) is 88.1 Å². The molecule has 2 amide bonds. The summed E-state index contributed by atoms with van der Waals surface area (Å²) in [5.74, 6) is 0.728. The number of amides is 2. The first-order chi connectivity index (χ1) is 17.2. The predicted molar refractivity (Wildman–Crippen MR) is 144 cm³/mol. The van der Waals surface area contributed by atoms with Gasteiger partial charge < -0.3 is 24.8 Å². The first kappa shape index (κ1) is 29.2. The molecule has 0 aromatic heterocycles. The normalized spacial score (nSPS) is 12.0. The summed E-state index contributed by atoms with van der Waals surface area (Å²) in [6.07, 6.45) is 1.41. The number of carbonyl (C=O) groups excluding carboxylic acids is 1. The number of carboxylic acids is 1. The van der Waals surface area contributed by atoms with Crippen molar-refractivity contribution in [3.63, 3.8) is 0 Å². The molecule has 7 heteroatoms. The second-order valence-electron chi connectivity index (χ2n) is 9.71. The SMILES string of the molecule is CCOC(Cc1ccc(OCCN(CCCC(C)C)C(=O)Nc2ccc(C(C)C)cc2)cc1)C(=O)O. The number of carbonyl (C=O) groups is 2. The number of benzene rings is 2. The third kappa shape index (κ3) is 10.3. The molecule has 0 aliphatic rings. The molecule has 0 saturated heterocycles. The summed E-state index contributed by atoms with van der Waals surface area (Å²) >= 11 is 0. The van der Waals surface area contributed by atoms with Crippen molar-refractivity contribution in [2.75, 3.05) is 31.6 Å². The highest BCUT2D eigenvalue weighted by Crippen LogP contribution is 2.18. The van der Waals surface area contributed by atoms with E-state index < -0.39 is 12.1 Å². The number of ether oxygens (including phenoxy) is 2. The lowest BCUT2D eigenvalue weighted by Crippen LogP contribution is -2.38. The maximum Gasteiger partial charge on any atom is 0.333 e. The molecule has 0 fully saturated rings. The lowest BCUT2D eigenvalue weighted by molar-refractivity contribution is -0.149. The number of rotatable bonds is 15. The van der Waals surface area contributed by atoms with Gasteiger partial charge in [-0.25, -0.2) is 9.59 Å². The number of hydrogen-bond donors (Lipinski definition) is 2. The van der Waals surface area contributed by atoms with Crippen LogP contribution in [-0.4, -0.2) is 54.4 Å². The number of urea groups is 1.